The van der Waals surface area contributed by atoms with Gasteiger partial charge in [-0.3, -0.25) is 0 Å². The average molecular weight is 511 g/mol. The van der Waals surface area contributed by atoms with Crippen LogP contribution in [0, 0.1) is 48.3 Å². The number of nitrogens with zero attached hydrogens (tertiary/aromatic N) is 2. The summed E-state index contributed by atoms with van der Waals surface area (Å²) < 4.78 is 27.7. The van der Waals surface area contributed by atoms with Crippen molar-refractivity contribution in [2.45, 2.75) is 89.5 Å². The molecule has 8 nitrogen and oxygen atoms in total. The molecule has 4 heterocycles. The summed E-state index contributed by atoms with van der Waals surface area (Å²) in [5.74, 6) is 0.370. The molecule has 1 N–H and O–H groups in total. The number of rotatable bonds is 5. The smallest absolute Gasteiger partial charge is 0.419 e. The van der Waals surface area contributed by atoms with E-state index in [2.05, 4.69) is 32.7 Å². The Balaban J connectivity index is 1.36. The van der Waals surface area contributed by atoms with Crippen LogP contribution in [0.1, 0.15) is 58.3 Å². The third-order valence-electron chi connectivity index (χ3n) is 10.9. The van der Waals surface area contributed by atoms with E-state index in [1.807, 2.05) is 13.0 Å². The van der Waals surface area contributed by atoms with E-state index in [0.717, 1.165) is 24.2 Å². The van der Waals surface area contributed by atoms with E-state index in [1.54, 1.807) is 18.7 Å². The van der Waals surface area contributed by atoms with Gasteiger partial charge in [-0.05, 0) is 68.4 Å². The first-order valence-electron chi connectivity index (χ1n) is 13.9. The molecule has 2 aromatic rings. The average Bonchev–Trinajstić information content (AvgIpc) is 3.27. The van der Waals surface area contributed by atoms with Crippen LogP contribution in [0.5, 0.6) is 0 Å². The van der Waals surface area contributed by atoms with E-state index in [9.17, 15) is 9.90 Å². The second-order valence-corrected chi connectivity index (χ2v) is 12.9. The van der Waals surface area contributed by atoms with Crippen LogP contribution in [0.4, 0.5) is 4.79 Å². The van der Waals surface area contributed by atoms with E-state index >= 15 is 0 Å². The van der Waals surface area contributed by atoms with Gasteiger partial charge in [0.25, 0.3) is 0 Å². The number of hydrogen-bond donors (Lipinski definition) is 1. The first-order valence-corrected chi connectivity index (χ1v) is 13.9. The number of furan rings is 1. The molecule has 3 saturated carbocycles. The van der Waals surface area contributed by atoms with Gasteiger partial charge < -0.3 is 23.7 Å². The lowest BCUT2D eigenvalue weighted by atomic mass is 9.51. The minimum Gasteiger partial charge on any atom is -0.469 e. The Morgan fingerprint density at radius 3 is 2.68 bits per heavy atom. The SMILES string of the molecule is Cc1ccoc1CC[C@]1(C)O[C@@]2([C@H]3C[C@@H]3C)O[C@H]3C[C@H](C)[C@H]4[C@@H](OC(=O)n5ccnc5)[C@@H]1[C@]2(O)[C@H](C)[C@H]43. The maximum absolute atomic E-state index is 13.3. The van der Waals surface area contributed by atoms with Gasteiger partial charge in [0.05, 0.1) is 23.9 Å². The van der Waals surface area contributed by atoms with Gasteiger partial charge in [0.2, 0.25) is 5.79 Å². The van der Waals surface area contributed by atoms with Crippen molar-refractivity contribution in [3.8, 4) is 0 Å². The molecule has 8 heteroatoms. The van der Waals surface area contributed by atoms with Crippen molar-refractivity contribution in [3.05, 3.63) is 42.4 Å². The van der Waals surface area contributed by atoms with Crippen molar-refractivity contribution in [3.63, 3.8) is 0 Å². The van der Waals surface area contributed by atoms with Gasteiger partial charge in [0, 0.05) is 30.7 Å². The number of carbonyl (C=O) groups is 1. The van der Waals surface area contributed by atoms with Crippen molar-refractivity contribution in [1.82, 2.24) is 9.55 Å². The lowest BCUT2D eigenvalue weighted by Crippen LogP contribution is -2.74. The van der Waals surface area contributed by atoms with Crippen molar-refractivity contribution >= 4 is 6.09 Å². The van der Waals surface area contributed by atoms with Crippen molar-refractivity contribution in [2.75, 3.05) is 0 Å². The molecular weight excluding hydrogens is 472 g/mol. The van der Waals surface area contributed by atoms with Gasteiger partial charge in [-0.25, -0.2) is 14.3 Å². The summed E-state index contributed by atoms with van der Waals surface area (Å²) in [5.41, 5.74) is -0.941. The molecule has 0 radical (unpaired) electrons. The van der Waals surface area contributed by atoms with Gasteiger partial charge >= 0.3 is 6.09 Å². The molecule has 2 aromatic heterocycles. The maximum Gasteiger partial charge on any atom is 0.419 e. The zero-order valence-corrected chi connectivity index (χ0v) is 22.3. The first-order chi connectivity index (χ1) is 17.6. The van der Waals surface area contributed by atoms with Crippen molar-refractivity contribution < 1.29 is 28.5 Å². The number of imidazole rings is 1. The normalized spacial score (nSPS) is 49.3. The molecule has 0 aromatic carbocycles. The predicted octanol–water partition coefficient (Wildman–Crippen LogP) is 4.58. The number of aliphatic hydroxyl groups is 1. The van der Waals surface area contributed by atoms with Crippen LogP contribution in [0.25, 0.3) is 0 Å². The standard InChI is InChI=1S/C29H38N2O6/c1-15-7-11-34-20(15)6-8-27(5)25-24(35-26(32)31-10-9-30-14-31)22-17(3)13-21-23(22)18(4)28(25,33)29(36-21,37-27)19-12-16(19)2/h7,9-11,14,16-19,21-25,33H,6,8,12-13H2,1-5H3/t16-,17-,18+,19-,21-,22+,23-,24+,25-,27-,28+,29+/m0/s1. The number of ether oxygens (including phenoxy) is 3. The molecule has 200 valence electrons. The van der Waals surface area contributed by atoms with Crippen LogP contribution in [0.3, 0.4) is 0 Å². The van der Waals surface area contributed by atoms with E-state index < -0.39 is 35.1 Å². The summed E-state index contributed by atoms with van der Waals surface area (Å²) in [4.78, 5) is 17.4. The fourth-order valence-electron chi connectivity index (χ4n) is 9.10. The molecule has 5 fully saturated rings. The molecule has 0 spiro atoms. The second-order valence-electron chi connectivity index (χ2n) is 12.9. The fourth-order valence-corrected chi connectivity index (χ4v) is 9.10. The fraction of sp³-hybridized carbons (Fsp3) is 0.724. The van der Waals surface area contributed by atoms with E-state index in [1.165, 1.54) is 10.9 Å². The number of aromatic nitrogens is 2. The summed E-state index contributed by atoms with van der Waals surface area (Å²) in [6.07, 6.45) is 8.53. The minimum absolute atomic E-state index is 0.0202. The van der Waals surface area contributed by atoms with Crippen molar-refractivity contribution in [1.29, 1.82) is 0 Å². The maximum atomic E-state index is 13.3. The Labute approximate surface area is 217 Å². The highest BCUT2D eigenvalue weighted by Gasteiger charge is 2.85. The molecule has 37 heavy (non-hydrogen) atoms. The van der Waals surface area contributed by atoms with Crippen LogP contribution in [0.2, 0.25) is 0 Å². The quantitative estimate of drug-likeness (QED) is 0.629. The highest BCUT2D eigenvalue weighted by Crippen LogP contribution is 2.74. The van der Waals surface area contributed by atoms with Crippen molar-refractivity contribution in [2.24, 2.45) is 41.4 Å². The molecule has 2 saturated heterocycles. The Hall–Kier alpha value is -2.16. The summed E-state index contributed by atoms with van der Waals surface area (Å²) in [6, 6.07) is 1.97. The Kier molecular flexibility index (Phi) is 4.98. The Bertz CT molecular complexity index is 1210. The van der Waals surface area contributed by atoms with Gasteiger partial charge in [-0.15, -0.1) is 0 Å². The van der Waals surface area contributed by atoms with Crippen LogP contribution in [-0.4, -0.2) is 49.9 Å². The zero-order valence-electron chi connectivity index (χ0n) is 22.3. The molecular formula is C29H38N2O6. The highest BCUT2D eigenvalue weighted by molar-refractivity contribution is 5.70. The van der Waals surface area contributed by atoms with Gasteiger partial charge in [-0.2, -0.15) is 0 Å². The molecule has 2 aliphatic heterocycles. The van der Waals surface area contributed by atoms with E-state index in [0.29, 0.717) is 24.7 Å². The number of hydrogen-bond acceptors (Lipinski definition) is 7. The topological polar surface area (TPSA) is 96.0 Å². The monoisotopic (exact) mass is 510 g/mol. The summed E-state index contributed by atoms with van der Waals surface area (Å²) >= 11 is 0. The molecule has 2 bridgehead atoms. The van der Waals surface area contributed by atoms with Crippen LogP contribution < -0.4 is 0 Å². The summed E-state index contributed by atoms with van der Waals surface area (Å²) in [6.45, 7) is 10.8. The summed E-state index contributed by atoms with van der Waals surface area (Å²) in [7, 11) is 0. The van der Waals surface area contributed by atoms with Crippen LogP contribution in [-0.2, 0) is 20.6 Å². The Morgan fingerprint density at radius 1 is 1.24 bits per heavy atom. The van der Waals surface area contributed by atoms with Gasteiger partial charge in [0.15, 0.2) is 0 Å². The van der Waals surface area contributed by atoms with Gasteiger partial charge in [-0.1, -0.05) is 20.8 Å². The minimum atomic E-state index is -1.27. The zero-order chi connectivity index (χ0) is 25.9. The number of aryl methyl sites for hydroxylation is 2. The van der Waals surface area contributed by atoms with Gasteiger partial charge in [0.1, 0.15) is 23.8 Å². The third kappa shape index (κ3) is 3.01. The lowest BCUT2D eigenvalue weighted by Gasteiger charge is -2.60. The van der Waals surface area contributed by atoms with Crippen LogP contribution >= 0.6 is 0 Å². The molecule has 3 aliphatic carbocycles. The second kappa shape index (κ2) is 7.70. The molecule has 7 rings (SSSR count). The van der Waals surface area contributed by atoms with E-state index in [4.69, 9.17) is 18.6 Å². The largest absolute Gasteiger partial charge is 0.469 e. The Morgan fingerprint density at radius 2 is 2.03 bits per heavy atom. The first kappa shape index (κ1) is 23.9. The third-order valence-corrected chi connectivity index (χ3v) is 10.9. The molecule has 0 unspecified atom stereocenters. The highest BCUT2D eigenvalue weighted by atomic mass is 16.7. The molecule has 5 aliphatic rings. The molecule has 0 amide bonds. The summed E-state index contributed by atoms with van der Waals surface area (Å²) in [5, 5.41) is 13.0. The van der Waals surface area contributed by atoms with Crippen LogP contribution in [0.15, 0.2) is 35.5 Å². The van der Waals surface area contributed by atoms with E-state index in [-0.39, 0.29) is 29.8 Å². The lowest BCUT2D eigenvalue weighted by molar-refractivity contribution is -0.382. The number of carbonyl (C=O) groups excluding carboxylic acids is 1. The predicted molar refractivity (Wildman–Crippen MR) is 132 cm³/mol. The molecule has 12 atom stereocenters.